The number of piperazine rings is 1. The first-order valence-corrected chi connectivity index (χ1v) is 14.9. The number of thiophene rings is 1. The van der Waals surface area contributed by atoms with Crippen molar-refractivity contribution in [1.82, 2.24) is 14.9 Å². The van der Waals surface area contributed by atoms with E-state index in [2.05, 4.69) is 63.0 Å². The number of benzene rings is 1. The van der Waals surface area contributed by atoms with Crippen LogP contribution in [-0.4, -0.2) is 47.1 Å². The molecule has 5 rings (SSSR count). The van der Waals surface area contributed by atoms with Crippen molar-refractivity contribution in [3.8, 4) is 0 Å². The predicted octanol–water partition coefficient (Wildman–Crippen LogP) is 7.12. The standard InChI is InChI=1S/C30H41N5OS/c1-6-10-25-31-28(26-23-11-7-8-14-24(23)37-29(26)32-25)34-15-17-35(18-16-34)30(36)33-27-21(19(2)3)12-9-13-22(27)20(4)5/h9,12-13,19-20H,6-8,10-11,14-18H2,1-5H3,(H,33,36). The van der Waals surface area contributed by atoms with Crippen molar-refractivity contribution < 1.29 is 4.79 Å². The molecule has 1 saturated heterocycles. The maximum atomic E-state index is 13.4. The lowest BCUT2D eigenvalue weighted by atomic mass is 9.93. The van der Waals surface area contributed by atoms with Gasteiger partial charge in [-0.2, -0.15) is 0 Å². The predicted molar refractivity (Wildman–Crippen MR) is 155 cm³/mol. The van der Waals surface area contributed by atoms with Crippen molar-refractivity contribution in [1.29, 1.82) is 0 Å². The number of rotatable bonds is 6. The van der Waals surface area contributed by atoms with Crippen LogP contribution < -0.4 is 10.2 Å². The molecule has 0 atom stereocenters. The van der Waals surface area contributed by atoms with Crippen LogP contribution >= 0.6 is 11.3 Å². The van der Waals surface area contributed by atoms with Crippen LogP contribution in [0.25, 0.3) is 10.2 Å². The summed E-state index contributed by atoms with van der Waals surface area (Å²) in [6.45, 7) is 13.9. The lowest BCUT2D eigenvalue weighted by Crippen LogP contribution is -2.50. The molecule has 0 spiro atoms. The van der Waals surface area contributed by atoms with E-state index in [9.17, 15) is 4.79 Å². The second kappa shape index (κ2) is 11.0. The first-order valence-electron chi connectivity index (χ1n) is 14.1. The van der Waals surface area contributed by atoms with E-state index >= 15 is 0 Å². The van der Waals surface area contributed by atoms with Crippen molar-refractivity contribution in [3.05, 3.63) is 45.6 Å². The van der Waals surface area contributed by atoms with E-state index in [4.69, 9.17) is 9.97 Å². The minimum atomic E-state index is 0.00192. The van der Waals surface area contributed by atoms with Gasteiger partial charge in [0, 0.05) is 43.2 Å². The van der Waals surface area contributed by atoms with E-state index in [1.54, 1.807) is 0 Å². The Balaban J connectivity index is 1.36. The van der Waals surface area contributed by atoms with Gasteiger partial charge in [0.15, 0.2) is 0 Å². The van der Waals surface area contributed by atoms with Crippen LogP contribution in [0.4, 0.5) is 16.3 Å². The molecular weight excluding hydrogens is 478 g/mol. The number of amides is 2. The zero-order chi connectivity index (χ0) is 26.1. The monoisotopic (exact) mass is 519 g/mol. The fourth-order valence-electron chi connectivity index (χ4n) is 5.75. The molecule has 7 heteroatoms. The van der Waals surface area contributed by atoms with Gasteiger partial charge in [-0.05, 0) is 60.6 Å². The molecule has 1 aliphatic heterocycles. The highest BCUT2D eigenvalue weighted by Gasteiger charge is 2.28. The van der Waals surface area contributed by atoms with Crippen LogP contribution in [0.15, 0.2) is 18.2 Å². The SMILES string of the molecule is CCCc1nc(N2CCN(C(=O)Nc3c(C(C)C)cccc3C(C)C)CC2)c2c3c(sc2n1)CCCC3. The fraction of sp³-hybridized carbons (Fsp3) is 0.567. The Labute approximate surface area is 225 Å². The third-order valence-electron chi connectivity index (χ3n) is 7.79. The third kappa shape index (κ3) is 5.20. The largest absolute Gasteiger partial charge is 0.352 e. The second-order valence-electron chi connectivity index (χ2n) is 11.1. The summed E-state index contributed by atoms with van der Waals surface area (Å²) < 4.78 is 0. The average molecular weight is 520 g/mol. The summed E-state index contributed by atoms with van der Waals surface area (Å²) >= 11 is 1.88. The third-order valence-corrected chi connectivity index (χ3v) is 8.97. The molecule has 2 aromatic heterocycles. The summed E-state index contributed by atoms with van der Waals surface area (Å²) in [6, 6.07) is 6.39. The van der Waals surface area contributed by atoms with Gasteiger partial charge in [-0.1, -0.05) is 52.8 Å². The number of aromatic nitrogens is 2. The number of carbonyl (C=O) groups excluding carboxylic acids is 1. The highest BCUT2D eigenvalue weighted by Crippen LogP contribution is 2.40. The Morgan fingerprint density at radius 2 is 1.68 bits per heavy atom. The van der Waals surface area contributed by atoms with Gasteiger partial charge in [-0.15, -0.1) is 11.3 Å². The zero-order valence-corrected chi connectivity index (χ0v) is 23.9. The summed E-state index contributed by atoms with van der Waals surface area (Å²) in [6.07, 6.45) is 6.77. The van der Waals surface area contributed by atoms with Crippen LogP contribution in [0.2, 0.25) is 0 Å². The highest BCUT2D eigenvalue weighted by atomic mass is 32.1. The smallest absolute Gasteiger partial charge is 0.321 e. The Morgan fingerprint density at radius 1 is 1.00 bits per heavy atom. The van der Waals surface area contributed by atoms with E-state index < -0.39 is 0 Å². The number of hydrogen-bond acceptors (Lipinski definition) is 5. The number of anilines is 2. The van der Waals surface area contributed by atoms with Gasteiger partial charge in [0.2, 0.25) is 0 Å². The van der Waals surface area contributed by atoms with Gasteiger partial charge in [-0.25, -0.2) is 14.8 Å². The summed E-state index contributed by atoms with van der Waals surface area (Å²) in [5.41, 5.74) is 4.88. The van der Waals surface area contributed by atoms with Gasteiger partial charge >= 0.3 is 6.03 Å². The molecule has 6 nitrogen and oxygen atoms in total. The van der Waals surface area contributed by atoms with Gasteiger partial charge in [0.05, 0.1) is 5.39 Å². The Bertz CT molecular complexity index is 1250. The molecule has 2 aliphatic rings. The summed E-state index contributed by atoms with van der Waals surface area (Å²) in [5.74, 6) is 2.75. The topological polar surface area (TPSA) is 61.4 Å². The quantitative estimate of drug-likeness (QED) is 0.376. The van der Waals surface area contributed by atoms with Crippen molar-refractivity contribution >= 4 is 39.1 Å². The van der Waals surface area contributed by atoms with Gasteiger partial charge in [-0.3, -0.25) is 0 Å². The van der Waals surface area contributed by atoms with Crippen molar-refractivity contribution in [3.63, 3.8) is 0 Å². The summed E-state index contributed by atoms with van der Waals surface area (Å²) in [5, 5.41) is 4.59. The van der Waals surface area contributed by atoms with E-state index in [-0.39, 0.29) is 6.03 Å². The molecule has 0 bridgehead atoms. The molecule has 2 amide bonds. The molecule has 0 radical (unpaired) electrons. The number of nitrogens with one attached hydrogen (secondary N) is 1. The van der Waals surface area contributed by atoms with Crippen molar-refractivity contribution in [2.24, 2.45) is 0 Å². The van der Waals surface area contributed by atoms with Gasteiger partial charge in [0.25, 0.3) is 0 Å². The van der Waals surface area contributed by atoms with Gasteiger partial charge < -0.3 is 15.1 Å². The number of urea groups is 1. The Morgan fingerprint density at radius 3 is 2.32 bits per heavy atom. The van der Waals surface area contributed by atoms with Crippen molar-refractivity contribution in [2.75, 3.05) is 36.4 Å². The van der Waals surface area contributed by atoms with Crippen LogP contribution in [0, 0.1) is 0 Å². The second-order valence-corrected chi connectivity index (χ2v) is 12.2. The number of carbonyl (C=O) groups is 1. The number of aryl methyl sites for hydroxylation is 3. The molecule has 0 unspecified atom stereocenters. The Hall–Kier alpha value is -2.67. The van der Waals surface area contributed by atoms with Crippen LogP contribution in [-0.2, 0) is 19.3 Å². The molecule has 198 valence electrons. The first kappa shape index (κ1) is 26.0. The lowest BCUT2D eigenvalue weighted by molar-refractivity contribution is 0.208. The molecule has 37 heavy (non-hydrogen) atoms. The number of para-hydroxylation sites is 1. The first-order chi connectivity index (χ1) is 17.9. The molecule has 1 aromatic carbocycles. The van der Waals surface area contributed by atoms with Gasteiger partial charge in [0.1, 0.15) is 16.5 Å². The van der Waals surface area contributed by atoms with E-state index in [0.717, 1.165) is 54.5 Å². The molecule has 1 N–H and O–H groups in total. The maximum Gasteiger partial charge on any atom is 0.321 e. The number of hydrogen-bond donors (Lipinski definition) is 1. The van der Waals surface area contributed by atoms with Crippen LogP contribution in [0.1, 0.15) is 93.1 Å². The van der Waals surface area contributed by atoms with Crippen LogP contribution in [0.3, 0.4) is 0 Å². The number of nitrogens with zero attached hydrogens (tertiary/aromatic N) is 4. The maximum absolute atomic E-state index is 13.4. The molecule has 1 fully saturated rings. The summed E-state index contributed by atoms with van der Waals surface area (Å²) in [4.78, 5) is 30.5. The fourth-order valence-corrected chi connectivity index (χ4v) is 7.02. The molecule has 0 saturated carbocycles. The van der Waals surface area contributed by atoms with Crippen LogP contribution in [0.5, 0.6) is 0 Å². The Kier molecular flexibility index (Phi) is 7.70. The lowest BCUT2D eigenvalue weighted by Gasteiger charge is -2.36. The minimum Gasteiger partial charge on any atom is -0.352 e. The summed E-state index contributed by atoms with van der Waals surface area (Å²) in [7, 11) is 0. The highest BCUT2D eigenvalue weighted by molar-refractivity contribution is 7.19. The van der Waals surface area contributed by atoms with E-state index in [1.165, 1.54) is 46.2 Å². The zero-order valence-electron chi connectivity index (χ0n) is 23.1. The normalized spacial score (nSPS) is 16.1. The van der Waals surface area contributed by atoms with E-state index in [0.29, 0.717) is 24.9 Å². The molecular formula is C30H41N5OS. The van der Waals surface area contributed by atoms with E-state index in [1.807, 2.05) is 16.2 Å². The molecule has 3 heterocycles. The molecule has 3 aromatic rings. The van der Waals surface area contributed by atoms with Crippen molar-refractivity contribution in [2.45, 2.75) is 85.0 Å². The average Bonchev–Trinajstić information content (AvgIpc) is 3.27. The molecule has 1 aliphatic carbocycles. The number of fused-ring (bicyclic) bond motifs is 3. The minimum absolute atomic E-state index is 0.00192.